The lowest BCUT2D eigenvalue weighted by Crippen LogP contribution is -2.06. The molecule has 0 aliphatic rings. The Balaban J connectivity index is 2.09. The lowest BCUT2D eigenvalue weighted by molar-refractivity contribution is 0.0358. The van der Waals surface area contributed by atoms with Crippen LogP contribution in [0.3, 0.4) is 0 Å². The smallest absolute Gasteiger partial charge is 0.177 e. The van der Waals surface area contributed by atoms with Crippen LogP contribution in [0.5, 0.6) is 0 Å². The van der Waals surface area contributed by atoms with Gasteiger partial charge in [0.2, 0.25) is 0 Å². The quantitative estimate of drug-likeness (QED) is 0.787. The molecule has 0 aliphatic heterocycles. The summed E-state index contributed by atoms with van der Waals surface area (Å²) in [6.45, 7) is 1.62. The first kappa shape index (κ1) is 11.5. The Kier molecular flexibility index (Phi) is 3.87. The molecule has 2 rings (SSSR count). The van der Waals surface area contributed by atoms with Crippen LogP contribution in [0.15, 0.2) is 23.1 Å². The zero-order valence-corrected chi connectivity index (χ0v) is 10.5. The molecule has 0 spiro atoms. The summed E-state index contributed by atoms with van der Waals surface area (Å²) in [7, 11) is 1.65. The van der Waals surface area contributed by atoms with Gasteiger partial charge < -0.3 is 14.0 Å². The normalized spacial score (nSPS) is 11.1. The number of aromatic nitrogens is 3. The average molecular weight is 286 g/mol. The topological polar surface area (TPSA) is 49.2 Å². The Morgan fingerprint density at radius 1 is 1.38 bits per heavy atom. The highest BCUT2D eigenvalue weighted by atomic mass is 79.9. The summed E-state index contributed by atoms with van der Waals surface area (Å²) in [5.41, 5.74) is 1.67. The Morgan fingerprint density at radius 2 is 2.25 bits per heavy atom. The maximum absolute atomic E-state index is 5.42. The predicted molar refractivity (Wildman–Crippen MR) is 63.1 cm³/mol. The van der Waals surface area contributed by atoms with E-state index in [-0.39, 0.29) is 0 Å². The first-order valence-electron chi connectivity index (χ1n) is 4.84. The molecule has 6 heteroatoms. The number of fused-ring (bicyclic) bond motifs is 1. The number of halogens is 1. The summed E-state index contributed by atoms with van der Waals surface area (Å²) < 4.78 is 13.2. The van der Waals surface area contributed by atoms with E-state index >= 15 is 0 Å². The van der Waals surface area contributed by atoms with E-state index in [1.165, 1.54) is 0 Å². The zero-order chi connectivity index (χ0) is 11.4. The number of methoxy groups -OCH3 is 1. The second kappa shape index (κ2) is 5.38. The molecule has 2 heterocycles. The third-order valence-electron chi connectivity index (χ3n) is 2.10. The molecule has 0 atom stereocenters. The fourth-order valence-electron chi connectivity index (χ4n) is 1.33. The van der Waals surface area contributed by atoms with Crippen molar-refractivity contribution in [1.82, 2.24) is 14.5 Å². The number of pyridine rings is 1. The van der Waals surface area contributed by atoms with Crippen molar-refractivity contribution in [2.24, 2.45) is 0 Å². The number of imidazole rings is 1. The van der Waals surface area contributed by atoms with Crippen LogP contribution in [0.2, 0.25) is 0 Å². The Labute approximate surface area is 102 Å². The van der Waals surface area contributed by atoms with Crippen molar-refractivity contribution in [3.63, 3.8) is 0 Å². The predicted octanol–water partition coefficient (Wildman–Crippen LogP) is 1.81. The van der Waals surface area contributed by atoms with Crippen LogP contribution < -0.4 is 0 Å². The van der Waals surface area contributed by atoms with Crippen LogP contribution >= 0.6 is 15.9 Å². The minimum atomic E-state index is 0.456. The van der Waals surface area contributed by atoms with Crippen molar-refractivity contribution in [1.29, 1.82) is 0 Å². The Bertz CT molecular complexity index is 472. The molecule has 0 saturated carbocycles. The minimum Gasteiger partial charge on any atom is -0.382 e. The van der Waals surface area contributed by atoms with Crippen molar-refractivity contribution in [2.45, 2.75) is 6.73 Å². The van der Waals surface area contributed by atoms with Gasteiger partial charge in [0.15, 0.2) is 5.65 Å². The van der Waals surface area contributed by atoms with Gasteiger partial charge in [0.25, 0.3) is 0 Å². The standard InChI is InChI=1S/C10H12BrN3O2/c1-15-2-3-16-7-14-6-13-10-9(14)4-8(11)5-12-10/h4-6H,2-3,7H2,1H3. The van der Waals surface area contributed by atoms with Crippen LogP contribution in [0.1, 0.15) is 0 Å². The van der Waals surface area contributed by atoms with Crippen LogP contribution in [0.4, 0.5) is 0 Å². The first-order valence-corrected chi connectivity index (χ1v) is 5.63. The van der Waals surface area contributed by atoms with Gasteiger partial charge in [-0.05, 0) is 22.0 Å². The van der Waals surface area contributed by atoms with Crippen molar-refractivity contribution in [2.75, 3.05) is 20.3 Å². The molecule has 86 valence electrons. The van der Waals surface area contributed by atoms with E-state index in [4.69, 9.17) is 9.47 Å². The van der Waals surface area contributed by atoms with E-state index in [1.54, 1.807) is 19.6 Å². The first-order chi connectivity index (χ1) is 7.81. The van der Waals surface area contributed by atoms with Gasteiger partial charge in [0, 0.05) is 17.8 Å². The van der Waals surface area contributed by atoms with Crippen molar-refractivity contribution in [3.8, 4) is 0 Å². The van der Waals surface area contributed by atoms with E-state index in [1.807, 2.05) is 10.6 Å². The second-order valence-electron chi connectivity index (χ2n) is 3.24. The third kappa shape index (κ3) is 2.58. The van der Waals surface area contributed by atoms with Crippen LogP contribution in [-0.4, -0.2) is 34.9 Å². The molecule has 2 aromatic rings. The lowest BCUT2D eigenvalue weighted by Gasteiger charge is -2.05. The summed E-state index contributed by atoms with van der Waals surface area (Å²) in [4.78, 5) is 8.37. The van der Waals surface area contributed by atoms with E-state index in [9.17, 15) is 0 Å². The molecule has 0 amide bonds. The number of hydrogen-bond acceptors (Lipinski definition) is 4. The molecule has 0 fully saturated rings. The van der Waals surface area contributed by atoms with Gasteiger partial charge in [-0.25, -0.2) is 9.97 Å². The number of nitrogens with zero attached hydrogens (tertiary/aromatic N) is 3. The Morgan fingerprint density at radius 3 is 3.06 bits per heavy atom. The van der Waals surface area contributed by atoms with E-state index < -0.39 is 0 Å². The molecule has 0 aliphatic carbocycles. The molecular formula is C10H12BrN3O2. The van der Waals surface area contributed by atoms with E-state index in [0.717, 1.165) is 15.6 Å². The van der Waals surface area contributed by atoms with Gasteiger partial charge in [-0.2, -0.15) is 0 Å². The lowest BCUT2D eigenvalue weighted by atomic mass is 10.4. The highest BCUT2D eigenvalue weighted by Crippen LogP contribution is 2.16. The summed E-state index contributed by atoms with van der Waals surface area (Å²) in [5, 5.41) is 0. The Hall–Kier alpha value is -0.980. The average Bonchev–Trinajstić information content (AvgIpc) is 2.67. The molecule has 0 N–H and O–H groups in total. The molecular weight excluding hydrogens is 274 g/mol. The highest BCUT2D eigenvalue weighted by Gasteiger charge is 2.03. The van der Waals surface area contributed by atoms with Gasteiger partial charge in [0.05, 0.1) is 25.1 Å². The van der Waals surface area contributed by atoms with Crippen molar-refractivity contribution >= 4 is 27.1 Å². The summed E-state index contributed by atoms with van der Waals surface area (Å²) in [5.74, 6) is 0. The monoisotopic (exact) mass is 285 g/mol. The summed E-state index contributed by atoms with van der Waals surface area (Å²) in [6.07, 6.45) is 3.45. The molecule has 0 bridgehead atoms. The molecule has 0 aromatic carbocycles. The zero-order valence-electron chi connectivity index (χ0n) is 8.89. The van der Waals surface area contributed by atoms with Gasteiger partial charge in [-0.1, -0.05) is 0 Å². The van der Waals surface area contributed by atoms with Crippen LogP contribution in [0, 0.1) is 0 Å². The number of hydrogen-bond donors (Lipinski definition) is 0. The number of ether oxygens (including phenoxy) is 2. The second-order valence-corrected chi connectivity index (χ2v) is 4.16. The maximum atomic E-state index is 5.42. The van der Waals surface area contributed by atoms with E-state index in [2.05, 4.69) is 25.9 Å². The molecule has 0 radical (unpaired) electrons. The molecule has 2 aromatic heterocycles. The molecule has 0 saturated heterocycles. The van der Waals surface area contributed by atoms with Crippen molar-refractivity contribution < 1.29 is 9.47 Å². The summed E-state index contributed by atoms with van der Waals surface area (Å²) >= 11 is 3.38. The van der Waals surface area contributed by atoms with Gasteiger partial charge in [-0.15, -0.1) is 0 Å². The van der Waals surface area contributed by atoms with Crippen molar-refractivity contribution in [3.05, 3.63) is 23.1 Å². The number of rotatable bonds is 5. The SMILES string of the molecule is COCCOCn1cnc2ncc(Br)cc21. The molecule has 16 heavy (non-hydrogen) atoms. The van der Waals surface area contributed by atoms with E-state index in [0.29, 0.717) is 19.9 Å². The largest absolute Gasteiger partial charge is 0.382 e. The summed E-state index contributed by atoms with van der Waals surface area (Å²) in [6, 6.07) is 1.97. The molecule has 5 nitrogen and oxygen atoms in total. The minimum absolute atomic E-state index is 0.456. The highest BCUT2D eigenvalue weighted by molar-refractivity contribution is 9.10. The third-order valence-corrected chi connectivity index (χ3v) is 2.54. The maximum Gasteiger partial charge on any atom is 0.177 e. The van der Waals surface area contributed by atoms with Gasteiger partial charge in [-0.3, -0.25) is 0 Å². The molecule has 0 unspecified atom stereocenters. The van der Waals surface area contributed by atoms with Gasteiger partial charge in [0.1, 0.15) is 6.73 Å². The van der Waals surface area contributed by atoms with Crippen LogP contribution in [0.25, 0.3) is 11.2 Å². The van der Waals surface area contributed by atoms with Gasteiger partial charge >= 0.3 is 0 Å². The fraction of sp³-hybridized carbons (Fsp3) is 0.400. The van der Waals surface area contributed by atoms with Crippen LogP contribution in [-0.2, 0) is 16.2 Å². The fourth-order valence-corrected chi connectivity index (χ4v) is 1.65.